The summed E-state index contributed by atoms with van der Waals surface area (Å²) in [7, 11) is -3.54. The maximum Gasteiger partial charge on any atom is 0.260 e. The van der Waals surface area contributed by atoms with Crippen molar-refractivity contribution in [2.75, 3.05) is 39.3 Å². The summed E-state index contributed by atoms with van der Waals surface area (Å²) in [5.74, 6) is 0.506. The summed E-state index contributed by atoms with van der Waals surface area (Å²) in [6.07, 6.45) is 4.40. The third kappa shape index (κ3) is 6.23. The lowest BCUT2D eigenvalue weighted by Crippen LogP contribution is -2.46. The molecule has 1 aliphatic heterocycles. The number of aromatic nitrogens is 3. The molecule has 1 aliphatic rings. The summed E-state index contributed by atoms with van der Waals surface area (Å²) in [4.78, 5) is 24.5. The van der Waals surface area contributed by atoms with Crippen LogP contribution in [0.1, 0.15) is 12.0 Å². The average molecular weight is 564 g/mol. The number of nitrogens with one attached hydrogen (secondary N) is 3. The number of nitrogens with zero attached hydrogens (tertiary/aromatic N) is 4. The van der Waals surface area contributed by atoms with E-state index in [9.17, 15) is 13.2 Å². The number of benzene rings is 2. The lowest BCUT2D eigenvalue weighted by Gasteiger charge is -2.26. The second kappa shape index (κ2) is 12.0. The van der Waals surface area contributed by atoms with Crippen LogP contribution in [0.2, 0.25) is 0 Å². The molecule has 40 heavy (non-hydrogen) atoms. The predicted molar refractivity (Wildman–Crippen MR) is 155 cm³/mol. The fraction of sp³-hybridized carbons (Fsp3) is 0.296. The zero-order chi connectivity index (χ0) is 28.1. The predicted octanol–water partition coefficient (Wildman–Crippen LogP) is 0.704. The van der Waals surface area contributed by atoms with Crippen molar-refractivity contribution < 1.29 is 8.42 Å². The van der Waals surface area contributed by atoms with Crippen molar-refractivity contribution in [1.82, 2.24) is 29.3 Å². The summed E-state index contributed by atoms with van der Waals surface area (Å²) in [5, 5.41) is 6.51. The van der Waals surface area contributed by atoms with Crippen molar-refractivity contribution in [3.63, 3.8) is 0 Å². The number of sulfonamides is 1. The van der Waals surface area contributed by atoms with Crippen LogP contribution in [-0.2, 0) is 16.6 Å². The van der Waals surface area contributed by atoms with E-state index in [2.05, 4.69) is 25.6 Å². The lowest BCUT2D eigenvalue weighted by atomic mass is 10.1. The Balaban J connectivity index is 1.28. The first kappa shape index (κ1) is 27.5. The van der Waals surface area contributed by atoms with E-state index in [1.54, 1.807) is 34.9 Å². The molecule has 0 amide bonds. The van der Waals surface area contributed by atoms with Crippen LogP contribution >= 0.6 is 0 Å². The zero-order valence-electron chi connectivity index (χ0n) is 22.0. The van der Waals surface area contributed by atoms with Gasteiger partial charge in [-0.1, -0.05) is 36.4 Å². The second-order valence-corrected chi connectivity index (χ2v) is 11.5. The van der Waals surface area contributed by atoms with Gasteiger partial charge in [0, 0.05) is 57.2 Å². The van der Waals surface area contributed by atoms with Crippen LogP contribution in [0.4, 0.5) is 0 Å². The molecule has 0 atom stereocenters. The molecule has 1 saturated heterocycles. The van der Waals surface area contributed by atoms with Crippen molar-refractivity contribution >= 4 is 21.8 Å². The van der Waals surface area contributed by atoms with Crippen LogP contribution in [0.15, 0.2) is 75.6 Å². The minimum Gasteiger partial charge on any atom is -0.370 e. The molecule has 2 aromatic carbocycles. The summed E-state index contributed by atoms with van der Waals surface area (Å²) in [5.41, 5.74) is 14.2. The molecular formula is C27H33N9O3S. The van der Waals surface area contributed by atoms with Crippen LogP contribution in [0.25, 0.3) is 28.2 Å². The first-order chi connectivity index (χ1) is 19.3. The molecule has 0 radical (unpaired) electrons. The Bertz CT molecular complexity index is 1650. The van der Waals surface area contributed by atoms with Gasteiger partial charge in [0.05, 0.1) is 16.2 Å². The summed E-state index contributed by atoms with van der Waals surface area (Å²) >= 11 is 0. The molecule has 0 spiro atoms. The van der Waals surface area contributed by atoms with E-state index in [1.807, 2.05) is 30.5 Å². The number of H-pyrrole nitrogens is 1. The Hall–Kier alpha value is -4.04. The van der Waals surface area contributed by atoms with Gasteiger partial charge in [-0.3, -0.25) is 19.2 Å². The Kier molecular flexibility index (Phi) is 8.26. The molecule has 12 nitrogen and oxygen atoms in total. The van der Waals surface area contributed by atoms with E-state index < -0.39 is 10.0 Å². The lowest BCUT2D eigenvalue weighted by molar-refractivity contribution is 0.360. The molecule has 3 heterocycles. The van der Waals surface area contributed by atoms with Gasteiger partial charge in [0.15, 0.2) is 5.96 Å². The molecule has 5 rings (SSSR count). The van der Waals surface area contributed by atoms with Gasteiger partial charge in [-0.05, 0) is 36.2 Å². The smallest absolute Gasteiger partial charge is 0.260 e. The SMILES string of the molecule is NC(N)=NCCCNCc1ccc(-c2cn3cc(-c4ccc(S(=O)(=O)N5CCNCC5)cc4)nc3[nH]c2=O)cc1. The molecule has 7 N–H and O–H groups in total. The van der Waals surface area contributed by atoms with Crippen molar-refractivity contribution in [3.8, 4) is 22.4 Å². The van der Waals surface area contributed by atoms with Crippen molar-refractivity contribution in [1.29, 1.82) is 0 Å². The molecule has 1 fully saturated rings. The van der Waals surface area contributed by atoms with Gasteiger partial charge < -0.3 is 22.1 Å². The van der Waals surface area contributed by atoms with Crippen LogP contribution < -0.4 is 27.7 Å². The Morgan fingerprint density at radius 1 is 1.00 bits per heavy atom. The highest BCUT2D eigenvalue weighted by Gasteiger charge is 2.25. The van der Waals surface area contributed by atoms with Gasteiger partial charge in [0.2, 0.25) is 15.8 Å². The van der Waals surface area contributed by atoms with E-state index in [4.69, 9.17) is 11.5 Å². The van der Waals surface area contributed by atoms with E-state index in [-0.39, 0.29) is 16.4 Å². The minimum atomic E-state index is -3.54. The number of aliphatic imine (C=N–C) groups is 1. The largest absolute Gasteiger partial charge is 0.370 e. The second-order valence-electron chi connectivity index (χ2n) is 9.57. The van der Waals surface area contributed by atoms with E-state index in [0.29, 0.717) is 56.3 Å². The van der Waals surface area contributed by atoms with Gasteiger partial charge in [-0.25, -0.2) is 13.4 Å². The molecule has 0 unspecified atom stereocenters. The highest BCUT2D eigenvalue weighted by Crippen LogP contribution is 2.24. The van der Waals surface area contributed by atoms with Gasteiger partial charge in [0.1, 0.15) is 0 Å². The standard InChI is InChI=1S/C27H33N9O3S/c28-26(29)32-11-1-10-31-16-19-2-4-20(5-3-19)23-17-35-18-24(33-27(35)34-25(23)37)21-6-8-22(9-7-21)40(38,39)36-14-12-30-13-15-36/h2-9,17-18,30-31H,1,10-16H2,(H4,28,29,32)(H,33,34,37). The number of imidazole rings is 1. The van der Waals surface area contributed by atoms with Crippen LogP contribution in [0, 0.1) is 0 Å². The number of rotatable bonds is 10. The molecule has 0 aliphatic carbocycles. The monoisotopic (exact) mass is 563 g/mol. The molecule has 13 heteroatoms. The Labute approximate surface area is 232 Å². The average Bonchev–Trinajstić information content (AvgIpc) is 3.38. The molecule has 2 aromatic heterocycles. The van der Waals surface area contributed by atoms with Crippen LogP contribution in [-0.4, -0.2) is 72.3 Å². The number of hydrogen-bond donors (Lipinski definition) is 5. The maximum atomic E-state index is 12.9. The Morgan fingerprint density at radius 2 is 1.70 bits per heavy atom. The van der Waals surface area contributed by atoms with Gasteiger partial charge >= 0.3 is 0 Å². The topological polar surface area (TPSA) is 176 Å². The first-order valence-corrected chi connectivity index (χ1v) is 14.5. The minimum absolute atomic E-state index is 0.101. The number of nitrogens with two attached hydrogens (primary N) is 2. The number of guanidine groups is 1. The van der Waals surface area contributed by atoms with Gasteiger partial charge in [0.25, 0.3) is 5.56 Å². The number of fused-ring (bicyclic) bond motifs is 1. The highest BCUT2D eigenvalue weighted by atomic mass is 32.2. The quantitative estimate of drug-likeness (QED) is 0.106. The first-order valence-electron chi connectivity index (χ1n) is 13.1. The molecule has 0 bridgehead atoms. The van der Waals surface area contributed by atoms with Crippen molar-refractivity contribution in [2.24, 2.45) is 16.5 Å². The third-order valence-electron chi connectivity index (χ3n) is 6.73. The van der Waals surface area contributed by atoms with Gasteiger partial charge in [-0.2, -0.15) is 4.31 Å². The number of hydrogen-bond acceptors (Lipinski definition) is 7. The summed E-state index contributed by atoms with van der Waals surface area (Å²) in [6, 6.07) is 14.5. The van der Waals surface area contributed by atoms with Crippen molar-refractivity contribution in [2.45, 2.75) is 17.9 Å². The van der Waals surface area contributed by atoms with E-state index in [0.717, 1.165) is 29.7 Å². The molecular weight excluding hydrogens is 530 g/mol. The fourth-order valence-corrected chi connectivity index (χ4v) is 6.02. The third-order valence-corrected chi connectivity index (χ3v) is 8.65. The van der Waals surface area contributed by atoms with E-state index >= 15 is 0 Å². The van der Waals surface area contributed by atoms with Gasteiger partial charge in [-0.15, -0.1) is 0 Å². The normalized spacial score (nSPS) is 14.4. The number of aromatic amines is 1. The highest BCUT2D eigenvalue weighted by molar-refractivity contribution is 7.89. The maximum absolute atomic E-state index is 12.9. The molecule has 4 aromatic rings. The fourth-order valence-electron chi connectivity index (χ4n) is 4.57. The number of piperazine rings is 1. The Morgan fingerprint density at radius 3 is 2.40 bits per heavy atom. The van der Waals surface area contributed by atoms with Crippen LogP contribution in [0.3, 0.4) is 0 Å². The molecule has 0 saturated carbocycles. The summed E-state index contributed by atoms with van der Waals surface area (Å²) in [6.45, 7) is 4.25. The zero-order valence-corrected chi connectivity index (χ0v) is 22.8. The molecule has 210 valence electrons. The summed E-state index contributed by atoms with van der Waals surface area (Å²) < 4.78 is 29.1. The van der Waals surface area contributed by atoms with Crippen molar-refractivity contribution in [3.05, 3.63) is 76.8 Å². The van der Waals surface area contributed by atoms with Crippen LogP contribution in [0.5, 0.6) is 0 Å². The van der Waals surface area contributed by atoms with E-state index in [1.165, 1.54) is 4.31 Å².